The van der Waals surface area contributed by atoms with E-state index in [2.05, 4.69) is 26.2 Å². The molecule has 1 aliphatic heterocycles. The van der Waals surface area contributed by atoms with Crippen LogP contribution in [0.3, 0.4) is 0 Å². The minimum atomic E-state index is -0.00726. The molecule has 1 aromatic heterocycles. The molecule has 2 fully saturated rings. The number of rotatable bonds is 3. The molecule has 1 saturated carbocycles. The number of nitrogens with zero attached hydrogens (tertiary/aromatic N) is 4. The molecule has 126 valence electrons. The van der Waals surface area contributed by atoms with Gasteiger partial charge >= 0.3 is 0 Å². The monoisotopic (exact) mass is 389 g/mol. The van der Waals surface area contributed by atoms with Gasteiger partial charge in [0.2, 0.25) is 0 Å². The van der Waals surface area contributed by atoms with Crippen LogP contribution in [0.5, 0.6) is 0 Å². The number of hydrogen-bond donors (Lipinski definition) is 1. The molecule has 24 heavy (non-hydrogen) atoms. The third-order valence-electron chi connectivity index (χ3n) is 4.77. The average molecular weight is 390 g/mol. The zero-order chi connectivity index (χ0) is 16.7. The lowest BCUT2D eigenvalue weighted by Gasteiger charge is -2.29. The lowest BCUT2D eigenvalue weighted by atomic mass is 10.1. The van der Waals surface area contributed by atoms with Crippen molar-refractivity contribution >= 4 is 21.8 Å². The minimum absolute atomic E-state index is 0.00726. The first-order valence-corrected chi connectivity index (χ1v) is 9.19. The Bertz CT molecular complexity index is 745. The van der Waals surface area contributed by atoms with Crippen LogP contribution < -0.4 is 5.73 Å². The molecule has 1 amide bonds. The first-order valence-electron chi connectivity index (χ1n) is 8.40. The van der Waals surface area contributed by atoms with Crippen LogP contribution in [-0.4, -0.2) is 44.9 Å². The Morgan fingerprint density at radius 1 is 1.12 bits per heavy atom. The number of benzene rings is 1. The van der Waals surface area contributed by atoms with Crippen LogP contribution in [-0.2, 0) is 0 Å². The maximum atomic E-state index is 12.9. The first kappa shape index (κ1) is 15.8. The van der Waals surface area contributed by atoms with Crippen molar-refractivity contribution in [1.82, 2.24) is 19.9 Å². The Balaban J connectivity index is 1.66. The highest BCUT2D eigenvalue weighted by Crippen LogP contribution is 2.42. The molecular weight excluding hydrogens is 370 g/mol. The second kappa shape index (κ2) is 6.29. The molecule has 1 saturated heterocycles. The molecule has 0 unspecified atom stereocenters. The second-order valence-corrected chi connectivity index (χ2v) is 7.53. The summed E-state index contributed by atoms with van der Waals surface area (Å²) in [7, 11) is 0. The van der Waals surface area contributed by atoms with Gasteiger partial charge in [-0.05, 0) is 49.9 Å². The molecule has 1 aromatic carbocycles. The van der Waals surface area contributed by atoms with E-state index >= 15 is 0 Å². The highest BCUT2D eigenvalue weighted by Gasteiger charge is 2.36. The van der Waals surface area contributed by atoms with Crippen molar-refractivity contribution in [2.75, 3.05) is 13.1 Å². The molecule has 1 aliphatic carbocycles. The minimum Gasteiger partial charge on any atom is -0.337 e. The van der Waals surface area contributed by atoms with Gasteiger partial charge in [-0.2, -0.15) is 0 Å². The van der Waals surface area contributed by atoms with Crippen molar-refractivity contribution < 1.29 is 4.79 Å². The van der Waals surface area contributed by atoms with Crippen molar-refractivity contribution in [3.05, 3.63) is 40.1 Å². The Morgan fingerprint density at radius 3 is 2.42 bits per heavy atom. The highest BCUT2D eigenvalue weighted by molar-refractivity contribution is 9.10. The van der Waals surface area contributed by atoms with E-state index in [1.807, 2.05) is 33.8 Å². The molecule has 0 spiro atoms. The van der Waals surface area contributed by atoms with Crippen molar-refractivity contribution in [3.8, 4) is 5.69 Å². The number of amides is 1. The van der Waals surface area contributed by atoms with Crippen molar-refractivity contribution in [3.63, 3.8) is 0 Å². The number of likely N-dealkylation sites (tertiary alicyclic amines) is 1. The standard InChI is InChI=1S/C17H20BrN5O/c18-12-3-5-14(6-4-12)23-16(11-1-2-11)15(20-21-23)17(24)22-9-7-13(19)8-10-22/h3-6,11,13H,1-2,7-10,19H2. The fourth-order valence-electron chi connectivity index (χ4n) is 3.19. The Morgan fingerprint density at radius 2 is 1.79 bits per heavy atom. The number of halogens is 1. The topological polar surface area (TPSA) is 77.0 Å². The lowest BCUT2D eigenvalue weighted by molar-refractivity contribution is 0.0707. The summed E-state index contributed by atoms with van der Waals surface area (Å²) >= 11 is 3.45. The molecule has 2 N–H and O–H groups in total. The van der Waals surface area contributed by atoms with Gasteiger partial charge < -0.3 is 10.6 Å². The zero-order valence-corrected chi connectivity index (χ0v) is 14.9. The molecule has 7 heteroatoms. The molecule has 0 radical (unpaired) electrons. The van der Waals surface area contributed by atoms with E-state index < -0.39 is 0 Å². The third-order valence-corrected chi connectivity index (χ3v) is 5.30. The summed E-state index contributed by atoms with van der Waals surface area (Å²) in [6.45, 7) is 1.41. The van der Waals surface area contributed by atoms with E-state index in [9.17, 15) is 4.79 Å². The van der Waals surface area contributed by atoms with E-state index in [-0.39, 0.29) is 11.9 Å². The summed E-state index contributed by atoms with van der Waals surface area (Å²) in [5.74, 6) is 0.377. The fraction of sp³-hybridized carbons (Fsp3) is 0.471. The van der Waals surface area contributed by atoms with Gasteiger partial charge in [-0.3, -0.25) is 4.79 Å². The van der Waals surface area contributed by atoms with Crippen LogP contribution in [0, 0.1) is 0 Å². The molecular formula is C17H20BrN5O. The van der Waals surface area contributed by atoms with Crippen LogP contribution in [0.4, 0.5) is 0 Å². The van der Waals surface area contributed by atoms with Gasteiger partial charge in [0.05, 0.1) is 11.4 Å². The van der Waals surface area contributed by atoms with Crippen LogP contribution in [0.2, 0.25) is 0 Å². The number of carbonyl (C=O) groups is 1. The van der Waals surface area contributed by atoms with Crippen molar-refractivity contribution in [1.29, 1.82) is 0 Å². The lowest BCUT2D eigenvalue weighted by Crippen LogP contribution is -2.43. The second-order valence-electron chi connectivity index (χ2n) is 6.62. The van der Waals surface area contributed by atoms with Gasteiger partial charge in [0.25, 0.3) is 5.91 Å². The van der Waals surface area contributed by atoms with Crippen molar-refractivity contribution in [2.45, 2.75) is 37.6 Å². The molecule has 6 nitrogen and oxygen atoms in total. The quantitative estimate of drug-likeness (QED) is 0.874. The molecule has 0 bridgehead atoms. The number of nitrogens with two attached hydrogens (primary N) is 1. The summed E-state index contributed by atoms with van der Waals surface area (Å²) in [6.07, 6.45) is 3.89. The summed E-state index contributed by atoms with van der Waals surface area (Å²) in [5, 5.41) is 8.54. The average Bonchev–Trinajstić information content (AvgIpc) is 3.34. The van der Waals surface area contributed by atoms with Gasteiger partial charge in [0.15, 0.2) is 5.69 Å². The number of carbonyl (C=O) groups excluding carboxylic acids is 1. The Kier molecular flexibility index (Phi) is 4.14. The summed E-state index contributed by atoms with van der Waals surface area (Å²) in [4.78, 5) is 14.8. The summed E-state index contributed by atoms with van der Waals surface area (Å²) < 4.78 is 2.84. The normalized spacial score (nSPS) is 18.8. The molecule has 2 aromatic rings. The van der Waals surface area contributed by atoms with E-state index in [4.69, 9.17) is 5.73 Å². The van der Waals surface area contributed by atoms with Gasteiger partial charge in [-0.25, -0.2) is 4.68 Å². The molecule has 4 rings (SSSR count). The van der Waals surface area contributed by atoms with E-state index in [1.165, 1.54) is 0 Å². The van der Waals surface area contributed by atoms with Crippen LogP contribution in [0.25, 0.3) is 5.69 Å². The Labute approximate surface area is 149 Å². The molecule has 2 heterocycles. The van der Waals surface area contributed by atoms with Crippen LogP contribution >= 0.6 is 15.9 Å². The molecule has 2 aliphatic rings. The van der Waals surface area contributed by atoms with Gasteiger partial charge in [0, 0.05) is 29.5 Å². The van der Waals surface area contributed by atoms with E-state index in [0.29, 0.717) is 24.7 Å². The predicted octanol–water partition coefficient (Wildman–Crippen LogP) is 2.47. The van der Waals surface area contributed by atoms with Crippen LogP contribution in [0.1, 0.15) is 47.8 Å². The zero-order valence-electron chi connectivity index (χ0n) is 13.4. The third kappa shape index (κ3) is 2.98. The molecule has 0 atom stereocenters. The predicted molar refractivity (Wildman–Crippen MR) is 94.1 cm³/mol. The van der Waals surface area contributed by atoms with Crippen LogP contribution in [0.15, 0.2) is 28.7 Å². The van der Waals surface area contributed by atoms with E-state index in [1.54, 1.807) is 0 Å². The van der Waals surface area contributed by atoms with Gasteiger partial charge in [-0.15, -0.1) is 5.10 Å². The number of hydrogen-bond acceptors (Lipinski definition) is 4. The van der Waals surface area contributed by atoms with Gasteiger partial charge in [0.1, 0.15) is 0 Å². The maximum absolute atomic E-state index is 12.9. The first-order chi connectivity index (χ1) is 11.6. The van der Waals surface area contributed by atoms with Gasteiger partial charge in [-0.1, -0.05) is 21.1 Å². The van der Waals surface area contributed by atoms with E-state index in [0.717, 1.165) is 41.5 Å². The Hall–Kier alpha value is -1.73. The maximum Gasteiger partial charge on any atom is 0.276 e. The van der Waals surface area contributed by atoms with Crippen molar-refractivity contribution in [2.24, 2.45) is 5.73 Å². The SMILES string of the molecule is NC1CCN(C(=O)c2nnn(-c3ccc(Br)cc3)c2C2CC2)CC1. The number of aromatic nitrogens is 3. The fourth-order valence-corrected chi connectivity index (χ4v) is 3.45. The summed E-state index contributed by atoms with van der Waals surface area (Å²) in [6, 6.07) is 8.12. The summed E-state index contributed by atoms with van der Waals surface area (Å²) in [5.41, 5.74) is 8.35. The number of piperidine rings is 1. The smallest absolute Gasteiger partial charge is 0.276 e. The highest BCUT2D eigenvalue weighted by atomic mass is 79.9. The largest absolute Gasteiger partial charge is 0.337 e.